The quantitative estimate of drug-likeness (QED) is 0.831. The molecule has 1 amide bonds. The monoisotopic (exact) mass is 402 g/mol. The first-order chi connectivity index (χ1) is 13.5. The van der Waals surface area contributed by atoms with E-state index in [9.17, 15) is 13.2 Å². The van der Waals surface area contributed by atoms with E-state index in [-0.39, 0.29) is 17.3 Å². The van der Waals surface area contributed by atoms with Crippen LogP contribution in [-0.4, -0.2) is 32.3 Å². The first-order valence-electron chi connectivity index (χ1n) is 9.94. The van der Waals surface area contributed by atoms with Crippen molar-refractivity contribution in [1.29, 1.82) is 0 Å². The van der Waals surface area contributed by atoms with Gasteiger partial charge in [0.15, 0.2) is 0 Å². The maximum absolute atomic E-state index is 12.9. The zero-order valence-corrected chi connectivity index (χ0v) is 16.7. The Balaban J connectivity index is 1.40. The molecule has 6 nitrogen and oxygen atoms in total. The summed E-state index contributed by atoms with van der Waals surface area (Å²) in [6.45, 7) is 1.71. The zero-order chi connectivity index (χ0) is 19.6. The molecular weight excluding hydrogens is 376 g/mol. The molecule has 0 unspecified atom stereocenters. The highest BCUT2D eigenvalue weighted by Gasteiger charge is 2.33. The summed E-state index contributed by atoms with van der Waals surface area (Å²) in [5.41, 5.74) is 0.541. The summed E-state index contributed by atoms with van der Waals surface area (Å²) in [6.07, 6.45) is 7.68. The van der Waals surface area contributed by atoms with Crippen LogP contribution in [0, 0.1) is 11.8 Å². The van der Waals surface area contributed by atoms with Gasteiger partial charge in [0.25, 0.3) is 5.91 Å². The van der Waals surface area contributed by atoms with Crippen LogP contribution in [-0.2, 0) is 16.6 Å². The Morgan fingerprint density at radius 3 is 2.54 bits per heavy atom. The van der Waals surface area contributed by atoms with Crippen molar-refractivity contribution in [3.05, 3.63) is 54.0 Å². The number of benzene rings is 1. The van der Waals surface area contributed by atoms with Gasteiger partial charge in [-0.25, -0.2) is 13.1 Å². The molecule has 1 aliphatic heterocycles. The van der Waals surface area contributed by atoms with Gasteiger partial charge in [0.05, 0.1) is 17.7 Å². The van der Waals surface area contributed by atoms with Gasteiger partial charge in [-0.15, -0.1) is 0 Å². The number of sulfonamides is 1. The lowest BCUT2D eigenvalue weighted by atomic mass is 9.75. The second-order valence-electron chi connectivity index (χ2n) is 7.77. The second kappa shape index (κ2) is 8.09. The molecule has 0 bridgehead atoms. The van der Waals surface area contributed by atoms with Crippen molar-refractivity contribution in [2.24, 2.45) is 11.8 Å². The van der Waals surface area contributed by atoms with E-state index in [4.69, 9.17) is 4.42 Å². The van der Waals surface area contributed by atoms with Gasteiger partial charge in [-0.3, -0.25) is 4.79 Å². The van der Waals surface area contributed by atoms with Gasteiger partial charge in [0.1, 0.15) is 5.76 Å². The smallest absolute Gasteiger partial charge is 0.253 e. The molecular formula is C21H26N2O4S. The molecule has 2 atom stereocenters. The van der Waals surface area contributed by atoms with Crippen molar-refractivity contribution in [1.82, 2.24) is 9.62 Å². The summed E-state index contributed by atoms with van der Waals surface area (Å²) in [5, 5.41) is 0. The topological polar surface area (TPSA) is 79.6 Å². The molecule has 0 radical (unpaired) electrons. The lowest BCUT2D eigenvalue weighted by molar-refractivity contribution is 0.0521. The average molecular weight is 403 g/mol. The van der Waals surface area contributed by atoms with E-state index >= 15 is 0 Å². The summed E-state index contributed by atoms with van der Waals surface area (Å²) in [7, 11) is -3.65. The highest BCUT2D eigenvalue weighted by molar-refractivity contribution is 7.89. The molecule has 2 aromatic rings. The van der Waals surface area contributed by atoms with Crippen molar-refractivity contribution < 1.29 is 17.6 Å². The van der Waals surface area contributed by atoms with Crippen LogP contribution in [0.1, 0.15) is 48.2 Å². The van der Waals surface area contributed by atoms with Gasteiger partial charge < -0.3 is 9.32 Å². The highest BCUT2D eigenvalue weighted by Crippen LogP contribution is 2.36. The molecule has 1 aromatic carbocycles. The number of carbonyl (C=O) groups excluding carboxylic acids is 1. The molecule has 1 saturated heterocycles. The number of amides is 1. The summed E-state index contributed by atoms with van der Waals surface area (Å²) in [6, 6.07) is 9.61. The van der Waals surface area contributed by atoms with Gasteiger partial charge in [-0.1, -0.05) is 19.3 Å². The molecule has 150 valence electrons. The van der Waals surface area contributed by atoms with E-state index in [0.717, 1.165) is 25.4 Å². The number of likely N-dealkylation sites (tertiary alicyclic amines) is 1. The van der Waals surface area contributed by atoms with Crippen LogP contribution in [0.5, 0.6) is 0 Å². The standard InChI is InChI=1S/C21H26N2O4S/c24-21(23-12-11-16-4-1-2-5-18(16)15-23)17-7-9-20(10-8-17)28(25,26)22-14-19-6-3-13-27-19/h3,6-10,13,16,18,22H,1-2,4-5,11-12,14-15H2/t16-,18+/m1/s1. The van der Waals surface area contributed by atoms with Crippen LogP contribution < -0.4 is 4.72 Å². The number of fused-ring (bicyclic) bond motifs is 1. The van der Waals surface area contributed by atoms with E-state index in [0.29, 0.717) is 17.2 Å². The molecule has 2 aliphatic rings. The predicted molar refractivity (Wildman–Crippen MR) is 105 cm³/mol. The van der Waals surface area contributed by atoms with Crippen molar-refractivity contribution in [3.63, 3.8) is 0 Å². The first-order valence-corrected chi connectivity index (χ1v) is 11.4. The second-order valence-corrected chi connectivity index (χ2v) is 9.54. The average Bonchev–Trinajstić information content (AvgIpc) is 3.25. The summed E-state index contributed by atoms with van der Waals surface area (Å²) in [5.74, 6) is 1.93. The van der Waals surface area contributed by atoms with Crippen LogP contribution in [0.3, 0.4) is 0 Å². The SMILES string of the molecule is O=C(c1ccc(S(=O)(=O)NCc2ccco2)cc1)N1CC[C@H]2CCCC[C@H]2C1. The molecule has 2 fully saturated rings. The lowest BCUT2D eigenvalue weighted by Crippen LogP contribution is -2.44. The Labute approximate surface area is 166 Å². The van der Waals surface area contributed by atoms with Gasteiger partial charge in [0.2, 0.25) is 10.0 Å². The highest BCUT2D eigenvalue weighted by atomic mass is 32.2. The summed E-state index contributed by atoms with van der Waals surface area (Å²) < 4.78 is 32.5. The van der Waals surface area contributed by atoms with E-state index in [2.05, 4.69) is 4.72 Å². The minimum Gasteiger partial charge on any atom is -0.468 e. The Morgan fingerprint density at radius 1 is 1.07 bits per heavy atom. The fraction of sp³-hybridized carbons (Fsp3) is 0.476. The van der Waals surface area contributed by atoms with Crippen molar-refractivity contribution in [2.45, 2.75) is 43.5 Å². The fourth-order valence-corrected chi connectivity index (χ4v) is 5.40. The molecule has 1 saturated carbocycles. The van der Waals surface area contributed by atoms with E-state index in [1.165, 1.54) is 44.1 Å². The maximum atomic E-state index is 12.9. The van der Waals surface area contributed by atoms with Crippen LogP contribution in [0.2, 0.25) is 0 Å². The lowest BCUT2D eigenvalue weighted by Gasteiger charge is -2.41. The number of hydrogen-bond acceptors (Lipinski definition) is 4. The van der Waals surface area contributed by atoms with Gasteiger partial charge in [-0.05, 0) is 61.1 Å². The van der Waals surface area contributed by atoms with E-state index in [1.807, 2.05) is 4.90 Å². The molecule has 2 heterocycles. The number of nitrogens with zero attached hydrogens (tertiary/aromatic N) is 1. The van der Waals surface area contributed by atoms with E-state index in [1.54, 1.807) is 24.3 Å². The number of furan rings is 1. The maximum Gasteiger partial charge on any atom is 0.253 e. The Morgan fingerprint density at radius 2 is 1.82 bits per heavy atom. The van der Waals surface area contributed by atoms with Gasteiger partial charge in [-0.2, -0.15) is 0 Å². The van der Waals surface area contributed by atoms with Gasteiger partial charge >= 0.3 is 0 Å². The molecule has 1 aliphatic carbocycles. The molecule has 1 N–H and O–H groups in total. The van der Waals surface area contributed by atoms with Gasteiger partial charge in [0, 0.05) is 18.7 Å². The van der Waals surface area contributed by atoms with Crippen molar-refractivity contribution in [3.8, 4) is 0 Å². The number of nitrogens with one attached hydrogen (secondary N) is 1. The van der Waals surface area contributed by atoms with Crippen molar-refractivity contribution in [2.75, 3.05) is 13.1 Å². The largest absolute Gasteiger partial charge is 0.468 e. The Bertz CT molecular complexity index is 906. The molecule has 7 heteroatoms. The third kappa shape index (κ3) is 4.15. The predicted octanol–water partition coefficient (Wildman–Crippen LogP) is 3.41. The van der Waals surface area contributed by atoms with E-state index < -0.39 is 10.0 Å². The molecule has 1 aromatic heterocycles. The Kier molecular flexibility index (Phi) is 5.55. The molecule has 4 rings (SSSR count). The normalized spacial score (nSPS) is 22.6. The molecule has 28 heavy (non-hydrogen) atoms. The third-order valence-corrected chi connectivity index (χ3v) is 7.42. The minimum atomic E-state index is -3.65. The molecule has 0 spiro atoms. The van der Waals surface area contributed by atoms with Crippen LogP contribution in [0.15, 0.2) is 52.0 Å². The number of carbonyl (C=O) groups is 1. The first kappa shape index (κ1) is 19.2. The Hall–Kier alpha value is -2.12. The fourth-order valence-electron chi connectivity index (χ4n) is 4.41. The van der Waals surface area contributed by atoms with Crippen molar-refractivity contribution >= 4 is 15.9 Å². The third-order valence-electron chi connectivity index (χ3n) is 6.01. The summed E-state index contributed by atoms with van der Waals surface area (Å²) >= 11 is 0. The zero-order valence-electron chi connectivity index (χ0n) is 15.8. The number of hydrogen-bond donors (Lipinski definition) is 1. The van der Waals surface area contributed by atoms with Crippen LogP contribution >= 0.6 is 0 Å². The summed E-state index contributed by atoms with van der Waals surface area (Å²) in [4.78, 5) is 14.9. The number of piperidine rings is 1. The minimum absolute atomic E-state index is 0.00323. The number of rotatable bonds is 5. The van der Waals surface area contributed by atoms with Crippen LogP contribution in [0.4, 0.5) is 0 Å². The van der Waals surface area contributed by atoms with Crippen LogP contribution in [0.25, 0.3) is 0 Å².